The molecule has 0 saturated carbocycles. The van der Waals surface area contributed by atoms with Gasteiger partial charge in [-0.05, 0) is 35.7 Å². The summed E-state index contributed by atoms with van der Waals surface area (Å²) in [5.41, 5.74) is 1.95. The van der Waals surface area contributed by atoms with Crippen molar-refractivity contribution >= 4 is 27.2 Å². The van der Waals surface area contributed by atoms with Gasteiger partial charge in [-0.15, -0.1) is 0 Å². The van der Waals surface area contributed by atoms with Gasteiger partial charge in [0.25, 0.3) is 0 Å². The van der Waals surface area contributed by atoms with Gasteiger partial charge < -0.3 is 10.2 Å². The second kappa shape index (κ2) is 7.57. The number of nitrogens with zero attached hydrogens (tertiary/aromatic N) is 3. The lowest BCUT2D eigenvalue weighted by atomic mass is 10.1. The highest BCUT2D eigenvalue weighted by Gasteiger charge is 2.35. The van der Waals surface area contributed by atoms with Crippen LogP contribution >= 0.6 is 11.3 Å². The van der Waals surface area contributed by atoms with E-state index in [-0.39, 0.29) is 24.1 Å². The Hall–Kier alpha value is -1.87. The molecule has 7 nitrogen and oxygen atoms in total. The van der Waals surface area contributed by atoms with E-state index in [2.05, 4.69) is 15.8 Å². The molecule has 1 atom stereocenters. The van der Waals surface area contributed by atoms with Crippen molar-refractivity contribution in [3.63, 3.8) is 0 Å². The molecule has 0 aliphatic carbocycles. The zero-order chi connectivity index (χ0) is 17.9. The minimum Gasteiger partial charge on any atom is -0.338 e. The van der Waals surface area contributed by atoms with Crippen LogP contribution < -0.4 is 5.32 Å². The Bertz CT molecular complexity index is 814. The van der Waals surface area contributed by atoms with Crippen molar-refractivity contribution in [1.29, 1.82) is 0 Å². The average molecular weight is 383 g/mol. The molecule has 9 heteroatoms. The third-order valence-corrected chi connectivity index (χ3v) is 6.68. The fourth-order valence-electron chi connectivity index (χ4n) is 2.90. The minimum absolute atomic E-state index is 0.00334. The summed E-state index contributed by atoms with van der Waals surface area (Å²) in [6, 6.07) is 1.33. The summed E-state index contributed by atoms with van der Waals surface area (Å²) in [6.45, 7) is 3.39. The number of aryl methyl sites for hydroxylation is 1. The zero-order valence-corrected chi connectivity index (χ0v) is 15.7. The summed E-state index contributed by atoms with van der Waals surface area (Å²) in [5, 5.41) is 11.2. The lowest BCUT2D eigenvalue weighted by Crippen LogP contribution is -2.50. The van der Waals surface area contributed by atoms with Gasteiger partial charge in [-0.25, -0.2) is 13.2 Å². The number of carbonyl (C=O) groups is 1. The smallest absolute Gasteiger partial charge is 0.317 e. The van der Waals surface area contributed by atoms with Gasteiger partial charge in [-0.2, -0.15) is 16.4 Å². The van der Waals surface area contributed by atoms with Crippen molar-refractivity contribution in [1.82, 2.24) is 20.0 Å². The van der Waals surface area contributed by atoms with Crippen LogP contribution in [0, 0.1) is 0 Å². The van der Waals surface area contributed by atoms with Crippen LogP contribution in [0.3, 0.4) is 0 Å². The monoisotopic (exact) mass is 382 g/mol. The quantitative estimate of drug-likeness (QED) is 0.853. The molecular weight excluding hydrogens is 360 g/mol. The zero-order valence-electron chi connectivity index (χ0n) is 14.1. The van der Waals surface area contributed by atoms with Crippen LogP contribution in [0.15, 0.2) is 29.2 Å². The summed E-state index contributed by atoms with van der Waals surface area (Å²) in [6.07, 6.45) is 4.23. The average Bonchev–Trinajstić information content (AvgIpc) is 3.25. The second-order valence-electron chi connectivity index (χ2n) is 6.07. The molecule has 2 aromatic rings. The Labute approximate surface area is 151 Å². The van der Waals surface area contributed by atoms with E-state index in [1.54, 1.807) is 27.1 Å². The predicted octanol–water partition coefficient (Wildman–Crippen LogP) is 1.69. The number of nitrogens with one attached hydrogen (secondary N) is 1. The largest absolute Gasteiger partial charge is 0.338 e. The first-order valence-electron chi connectivity index (χ1n) is 8.27. The topological polar surface area (TPSA) is 84.3 Å². The van der Waals surface area contributed by atoms with Crippen molar-refractivity contribution < 1.29 is 13.2 Å². The number of amides is 2. The Morgan fingerprint density at radius 2 is 2.32 bits per heavy atom. The highest BCUT2D eigenvalue weighted by Crippen LogP contribution is 2.26. The Balaban J connectivity index is 1.69. The number of thiophene rings is 1. The normalized spacial score (nSPS) is 19.7. The number of rotatable bonds is 5. The molecule has 1 aliphatic rings. The van der Waals surface area contributed by atoms with Crippen molar-refractivity contribution in [2.24, 2.45) is 0 Å². The molecule has 2 amide bonds. The summed E-state index contributed by atoms with van der Waals surface area (Å²) in [5.74, 6) is -0.0519. The lowest BCUT2D eigenvalue weighted by molar-refractivity contribution is 0.181. The van der Waals surface area contributed by atoms with Crippen LogP contribution in [0.25, 0.3) is 0 Å². The molecule has 0 bridgehead atoms. The minimum atomic E-state index is -3.16. The molecule has 0 radical (unpaired) electrons. The summed E-state index contributed by atoms with van der Waals surface area (Å²) in [4.78, 5) is 14.2. The van der Waals surface area contributed by atoms with Crippen LogP contribution in [0.5, 0.6) is 0 Å². The standard InChI is InChI=1S/C16H22N4O3S2/c1-2-19-10-14(9-18-19)15-12-25(22,23)8-6-20(15)16(21)17-5-3-13-4-7-24-11-13/h4,7,9-11,15H,2-3,5-6,8,12H2,1H3,(H,17,21)/t15-/m0/s1. The maximum absolute atomic E-state index is 12.6. The Morgan fingerprint density at radius 3 is 3.00 bits per heavy atom. The highest BCUT2D eigenvalue weighted by molar-refractivity contribution is 7.91. The fraction of sp³-hybridized carbons (Fsp3) is 0.500. The highest BCUT2D eigenvalue weighted by atomic mass is 32.2. The van der Waals surface area contributed by atoms with E-state index < -0.39 is 15.9 Å². The number of urea groups is 1. The molecule has 0 unspecified atom stereocenters. The van der Waals surface area contributed by atoms with E-state index in [4.69, 9.17) is 0 Å². The van der Waals surface area contributed by atoms with Crippen molar-refractivity contribution in [2.75, 3.05) is 24.6 Å². The number of hydrogen-bond donors (Lipinski definition) is 1. The predicted molar refractivity (Wildman–Crippen MR) is 97.4 cm³/mol. The lowest BCUT2D eigenvalue weighted by Gasteiger charge is -2.35. The molecule has 1 N–H and O–H groups in total. The van der Waals surface area contributed by atoms with Gasteiger partial charge in [0.2, 0.25) is 0 Å². The number of sulfone groups is 1. The van der Waals surface area contributed by atoms with Crippen molar-refractivity contribution in [3.05, 3.63) is 40.3 Å². The molecule has 3 rings (SSSR count). The van der Waals surface area contributed by atoms with Gasteiger partial charge in [0.05, 0.1) is 23.7 Å². The van der Waals surface area contributed by atoms with Gasteiger partial charge >= 0.3 is 6.03 Å². The Morgan fingerprint density at radius 1 is 1.48 bits per heavy atom. The maximum Gasteiger partial charge on any atom is 0.317 e. The third-order valence-electron chi connectivity index (χ3n) is 4.32. The molecule has 1 fully saturated rings. The summed E-state index contributed by atoms with van der Waals surface area (Å²) >= 11 is 1.63. The van der Waals surface area contributed by atoms with Crippen LogP contribution in [-0.2, 0) is 22.8 Å². The third kappa shape index (κ3) is 4.40. The van der Waals surface area contributed by atoms with E-state index in [1.165, 1.54) is 5.56 Å². The molecule has 1 saturated heterocycles. The molecule has 136 valence electrons. The van der Waals surface area contributed by atoms with E-state index in [0.29, 0.717) is 13.1 Å². The van der Waals surface area contributed by atoms with Gasteiger partial charge in [0.1, 0.15) is 0 Å². The number of aromatic nitrogens is 2. The Kier molecular flexibility index (Phi) is 5.43. The summed E-state index contributed by atoms with van der Waals surface area (Å²) < 4.78 is 25.9. The molecular formula is C16H22N4O3S2. The first-order valence-corrected chi connectivity index (χ1v) is 11.0. The van der Waals surface area contributed by atoms with Crippen LogP contribution in [-0.4, -0.2) is 53.7 Å². The van der Waals surface area contributed by atoms with E-state index in [1.807, 2.05) is 24.6 Å². The molecule has 0 spiro atoms. The van der Waals surface area contributed by atoms with Gasteiger partial charge in [0, 0.05) is 31.4 Å². The first-order chi connectivity index (χ1) is 12.0. The molecule has 1 aliphatic heterocycles. The van der Waals surface area contributed by atoms with E-state index in [0.717, 1.165) is 12.0 Å². The number of carbonyl (C=O) groups excluding carboxylic acids is 1. The molecule has 0 aromatic carbocycles. The SMILES string of the molecule is CCn1cc([C@@H]2CS(=O)(=O)CCN2C(=O)NCCc2ccsc2)cn1. The van der Waals surface area contributed by atoms with E-state index >= 15 is 0 Å². The molecule has 25 heavy (non-hydrogen) atoms. The maximum atomic E-state index is 12.6. The van der Waals surface area contributed by atoms with Crippen LogP contribution in [0.2, 0.25) is 0 Å². The van der Waals surface area contributed by atoms with Gasteiger partial charge in [0.15, 0.2) is 9.84 Å². The van der Waals surface area contributed by atoms with E-state index in [9.17, 15) is 13.2 Å². The van der Waals surface area contributed by atoms with Crippen LogP contribution in [0.1, 0.15) is 24.1 Å². The number of hydrogen-bond acceptors (Lipinski definition) is 5. The molecule has 3 heterocycles. The summed E-state index contributed by atoms with van der Waals surface area (Å²) in [7, 11) is -3.16. The molecule has 2 aromatic heterocycles. The van der Waals surface area contributed by atoms with Crippen molar-refractivity contribution in [3.8, 4) is 0 Å². The second-order valence-corrected chi connectivity index (χ2v) is 9.08. The van der Waals surface area contributed by atoms with Gasteiger partial charge in [-0.3, -0.25) is 4.68 Å². The fourth-order valence-corrected chi connectivity index (χ4v) is 5.10. The van der Waals surface area contributed by atoms with Gasteiger partial charge in [-0.1, -0.05) is 0 Å². The first kappa shape index (κ1) is 17.9. The van der Waals surface area contributed by atoms with Crippen molar-refractivity contribution in [2.45, 2.75) is 25.9 Å². The van der Waals surface area contributed by atoms with Crippen LogP contribution in [0.4, 0.5) is 4.79 Å².